The van der Waals surface area contributed by atoms with E-state index in [1.165, 1.54) is 41.5 Å². The molecule has 4 aromatic rings. The van der Waals surface area contributed by atoms with Crippen molar-refractivity contribution >= 4 is 74.9 Å². The minimum atomic E-state index is -4.92. The lowest BCUT2D eigenvalue weighted by molar-refractivity contribution is -0.138. The Morgan fingerprint density at radius 3 is 1.64 bits per heavy atom. The van der Waals surface area contributed by atoms with Gasteiger partial charge in [0.1, 0.15) is 47.7 Å². The van der Waals surface area contributed by atoms with Crippen LogP contribution in [0.2, 0.25) is 0 Å². The van der Waals surface area contributed by atoms with Gasteiger partial charge in [-0.1, -0.05) is 35.4 Å². The van der Waals surface area contributed by atoms with Crippen LogP contribution in [-0.2, 0) is 61.5 Å². The Morgan fingerprint density at radius 2 is 1.25 bits per heavy atom. The number of carbonyl (C=O) groups is 1. The summed E-state index contributed by atoms with van der Waals surface area (Å²) in [7, 11) is -17.9. The maximum atomic E-state index is 10.8. The molecule has 3 heterocycles. The van der Waals surface area contributed by atoms with E-state index in [4.69, 9.17) is 65.5 Å². The van der Waals surface area contributed by atoms with Gasteiger partial charge in [-0.05, 0) is 49.0 Å². The molecule has 0 aliphatic carbocycles. The summed E-state index contributed by atoms with van der Waals surface area (Å²) in [5.74, 6) is 0.254. The van der Waals surface area contributed by atoms with Crippen molar-refractivity contribution in [2.75, 3.05) is 23.5 Å². The summed E-state index contributed by atoms with van der Waals surface area (Å²) in [5, 5.41) is 29.7. The van der Waals surface area contributed by atoms with E-state index >= 15 is 0 Å². The second-order valence-electron chi connectivity index (χ2n) is 12.0. The van der Waals surface area contributed by atoms with E-state index in [0.29, 0.717) is 29.1 Å². The Morgan fingerprint density at radius 1 is 0.831 bits per heavy atom. The number of aliphatic carboxylic acids is 1. The first-order chi connectivity index (χ1) is 26.8. The zero-order chi connectivity index (χ0) is 45.7. The molecule has 332 valence electrons. The number of hydrogen-bond donors (Lipinski definition) is 10. The zero-order valence-corrected chi connectivity index (χ0v) is 34.9. The van der Waals surface area contributed by atoms with Crippen LogP contribution in [0.25, 0.3) is 11.2 Å². The first kappa shape index (κ1) is 53.0. The van der Waals surface area contributed by atoms with Gasteiger partial charge in [0, 0.05) is 6.42 Å². The number of rotatable bonds is 9. The number of aryl methyl sites for hydroxylation is 2. The van der Waals surface area contributed by atoms with Crippen molar-refractivity contribution in [1.29, 1.82) is 0 Å². The van der Waals surface area contributed by atoms with Gasteiger partial charge in [-0.25, -0.2) is 23.4 Å². The third-order valence-electron chi connectivity index (χ3n) is 7.18. The SMILES string of the molecule is C[S+](CCC(N)C(=O)O)C[C@H]1O[C@@H](n2cnc3c(N)ncnc32)[C@H](O)[C@@H]1O.Cc1ccc(S(=O)(=O)O)cc1.Cc1ccc(S(=O)(=O)O)cc1.O=S(=O)(O)O.O=S(=O)([O-])O. The normalized spacial score (nSPS) is 18.9. The molecule has 2 unspecified atom stereocenters. The second-order valence-corrected chi connectivity index (χ2v) is 18.9. The fourth-order valence-corrected chi connectivity index (χ4v) is 7.01. The summed E-state index contributed by atoms with van der Waals surface area (Å²) in [6, 6.07) is 11.1. The lowest BCUT2D eigenvalue weighted by Crippen LogP contribution is -2.37. The van der Waals surface area contributed by atoms with Crippen molar-refractivity contribution in [2.45, 2.75) is 60.6 Å². The van der Waals surface area contributed by atoms with E-state index in [2.05, 4.69) is 15.0 Å². The van der Waals surface area contributed by atoms with Crippen molar-refractivity contribution in [1.82, 2.24) is 19.5 Å². The molecular weight excluding hydrogens is 897 g/mol. The van der Waals surface area contributed by atoms with Crippen LogP contribution in [0.4, 0.5) is 5.82 Å². The Balaban J connectivity index is 0.000000446. The molecule has 2 aromatic heterocycles. The van der Waals surface area contributed by atoms with Crippen LogP contribution in [0.1, 0.15) is 23.8 Å². The molecule has 5 rings (SSSR count). The lowest BCUT2D eigenvalue weighted by atomic mass is 10.1. The minimum Gasteiger partial charge on any atom is -0.726 e. The Kier molecular flexibility index (Phi) is 20.3. The number of ether oxygens (including phenoxy) is 1. The van der Waals surface area contributed by atoms with Gasteiger partial charge in [0.25, 0.3) is 20.2 Å². The molecule has 6 atom stereocenters. The van der Waals surface area contributed by atoms with Crippen LogP contribution in [0.5, 0.6) is 0 Å². The Bertz CT molecular complexity index is 2300. The summed E-state index contributed by atoms with van der Waals surface area (Å²) in [6.45, 7) is 3.68. The van der Waals surface area contributed by atoms with Gasteiger partial charge in [-0.15, -0.1) is 0 Å². The number of nitrogens with two attached hydrogens (primary N) is 2. The molecular formula is C29H42N6O19S5. The third kappa shape index (κ3) is 20.7. The molecule has 25 nitrogen and oxygen atoms in total. The monoisotopic (exact) mass is 938 g/mol. The summed E-state index contributed by atoms with van der Waals surface area (Å²) < 4.78 is 131. The molecule has 0 radical (unpaired) electrons. The molecule has 2 aromatic carbocycles. The van der Waals surface area contributed by atoms with Crippen molar-refractivity contribution in [3.05, 3.63) is 72.3 Å². The van der Waals surface area contributed by atoms with E-state index in [0.717, 1.165) is 11.1 Å². The number of fused-ring (bicyclic) bond motifs is 1. The molecule has 59 heavy (non-hydrogen) atoms. The zero-order valence-electron chi connectivity index (χ0n) is 30.8. The average molecular weight is 939 g/mol. The number of aromatic nitrogens is 4. The third-order valence-corrected chi connectivity index (χ3v) is 10.7. The second kappa shape index (κ2) is 22.6. The maximum absolute atomic E-state index is 10.8. The molecule has 0 amide bonds. The van der Waals surface area contributed by atoms with Gasteiger partial charge in [0.05, 0.1) is 22.4 Å². The molecule has 0 bridgehead atoms. The summed E-state index contributed by atoms with van der Waals surface area (Å²) >= 11 is 0. The van der Waals surface area contributed by atoms with Crippen molar-refractivity contribution in [2.24, 2.45) is 5.73 Å². The number of nitrogen functional groups attached to an aromatic ring is 1. The lowest BCUT2D eigenvalue weighted by Gasteiger charge is -2.16. The molecule has 0 spiro atoms. The predicted molar refractivity (Wildman–Crippen MR) is 207 cm³/mol. The highest BCUT2D eigenvalue weighted by Crippen LogP contribution is 2.32. The van der Waals surface area contributed by atoms with E-state index in [-0.39, 0.29) is 26.5 Å². The molecule has 1 fully saturated rings. The number of hydrogen-bond acceptors (Lipinski definition) is 18. The van der Waals surface area contributed by atoms with Crippen LogP contribution in [-0.4, -0.2) is 144 Å². The molecule has 1 aliphatic heterocycles. The van der Waals surface area contributed by atoms with E-state index in [1.54, 1.807) is 24.3 Å². The molecule has 30 heteroatoms. The average Bonchev–Trinajstić information content (AvgIpc) is 3.63. The van der Waals surface area contributed by atoms with E-state index in [9.17, 15) is 31.8 Å². The van der Waals surface area contributed by atoms with Crippen LogP contribution < -0.4 is 11.5 Å². The number of aliphatic hydroxyl groups excluding tert-OH is 2. The number of imidazole rings is 1. The molecule has 1 saturated heterocycles. The standard InChI is InChI=1S/C15H22N6O5S.2C7H8O3S.2H2O4S/c1-27(3-2-7(16)15(24)25)4-8-10(22)11(23)14(26-8)21-6-20-9-12(17)18-5-19-13(9)21;2*1-6-2-4-7(5-3-6)11(8,9)10;2*1-5(2,3)4/h5-8,10-11,14,22-23H,2-4,16H2,1H3,(H2-,17,18,19,24,25);2*2-5H,1H3,(H,8,9,10);2*(H2,1,2,3,4)/t7?,8-,10-,11-,14-,27?;;;;/m1..../s1. The van der Waals surface area contributed by atoms with E-state index < -0.39 is 77.6 Å². The summed E-state index contributed by atoms with van der Waals surface area (Å²) in [6.07, 6.45) is 1.31. The Labute approximate surface area is 341 Å². The number of aliphatic hydroxyl groups is 2. The fourth-order valence-electron chi connectivity index (χ4n) is 4.39. The minimum absolute atomic E-state index is 0.0666. The fraction of sp³-hybridized carbons (Fsp3) is 0.379. The number of nitrogens with zero attached hydrogens (tertiary/aromatic N) is 4. The largest absolute Gasteiger partial charge is 0.726 e. The molecule has 1 aliphatic rings. The van der Waals surface area contributed by atoms with Crippen molar-refractivity contribution < 1.29 is 85.8 Å². The van der Waals surface area contributed by atoms with Gasteiger partial charge < -0.3 is 36.1 Å². The first-order valence-corrected chi connectivity index (χ1v) is 23.4. The van der Waals surface area contributed by atoms with Gasteiger partial charge in [-0.2, -0.15) is 25.3 Å². The van der Waals surface area contributed by atoms with Gasteiger partial charge in [0.2, 0.25) is 10.4 Å². The number of carboxylic acid groups (broad SMARTS) is 1. The molecule has 0 saturated carbocycles. The summed E-state index contributed by atoms with van der Waals surface area (Å²) in [5.41, 5.74) is 14.0. The van der Waals surface area contributed by atoms with Crippen molar-refractivity contribution in [3.63, 3.8) is 0 Å². The highest BCUT2D eigenvalue weighted by molar-refractivity contribution is 7.96. The number of benzene rings is 2. The van der Waals surface area contributed by atoms with Crippen LogP contribution in [0, 0.1) is 13.8 Å². The van der Waals surface area contributed by atoms with Crippen LogP contribution in [0.15, 0.2) is 71.0 Å². The van der Waals surface area contributed by atoms with Crippen molar-refractivity contribution in [3.8, 4) is 0 Å². The number of anilines is 1. The molecule has 12 N–H and O–H groups in total. The van der Waals surface area contributed by atoms with Gasteiger partial charge in [-0.3, -0.25) is 32.1 Å². The predicted octanol–water partition coefficient (Wildman–Crippen LogP) is -1.09. The summed E-state index contributed by atoms with van der Waals surface area (Å²) in [4.78, 5) is 22.8. The smallest absolute Gasteiger partial charge is 0.394 e. The highest BCUT2D eigenvalue weighted by Gasteiger charge is 2.46. The first-order valence-electron chi connectivity index (χ1n) is 15.8. The Hall–Kier alpha value is -3.99. The highest BCUT2D eigenvalue weighted by atomic mass is 32.3. The van der Waals surface area contributed by atoms with Gasteiger partial charge in [0.15, 0.2) is 17.7 Å². The number of carboxylic acids is 1. The van der Waals surface area contributed by atoms with Crippen LogP contribution in [0.3, 0.4) is 0 Å². The topological polar surface area (TPSA) is 443 Å². The van der Waals surface area contributed by atoms with E-state index in [1.807, 2.05) is 20.1 Å². The van der Waals surface area contributed by atoms with Gasteiger partial charge >= 0.3 is 16.4 Å². The van der Waals surface area contributed by atoms with Crippen LogP contribution >= 0.6 is 0 Å². The maximum Gasteiger partial charge on any atom is 0.394 e. The quantitative estimate of drug-likeness (QED) is 0.0541.